The van der Waals surface area contributed by atoms with Gasteiger partial charge in [0.1, 0.15) is 6.29 Å². The molecule has 0 rings (SSSR count). The molecule has 2 atom stereocenters. The molecule has 1 heteroatoms. The van der Waals surface area contributed by atoms with Crippen molar-refractivity contribution in [1.29, 1.82) is 0 Å². The molecule has 0 amide bonds. The number of rotatable bonds is 3. The minimum atomic E-state index is 0.236. The molecule has 48 valence electrons. The maximum absolute atomic E-state index is 10.1. The van der Waals surface area contributed by atoms with Crippen LogP contribution in [0.15, 0.2) is 0 Å². The lowest BCUT2D eigenvalue weighted by Gasteiger charge is -2.09. The Morgan fingerprint density at radius 1 is 1.50 bits per heavy atom. The molecule has 0 saturated carbocycles. The quantitative estimate of drug-likeness (QED) is 0.512. The lowest BCUT2D eigenvalue weighted by atomic mass is 9.95. The molecule has 0 aliphatic carbocycles. The summed E-state index contributed by atoms with van der Waals surface area (Å²) < 4.78 is 0. The highest BCUT2D eigenvalue weighted by atomic mass is 16.1. The second kappa shape index (κ2) is 3.65. The molecule has 0 radical (unpaired) electrons. The van der Waals surface area contributed by atoms with Gasteiger partial charge in [-0.05, 0) is 5.92 Å². The van der Waals surface area contributed by atoms with Crippen LogP contribution in [0.25, 0.3) is 0 Å². The topological polar surface area (TPSA) is 17.1 Å². The van der Waals surface area contributed by atoms with Crippen molar-refractivity contribution < 1.29 is 4.79 Å². The van der Waals surface area contributed by atoms with Gasteiger partial charge in [0, 0.05) is 5.92 Å². The molecule has 0 unspecified atom stereocenters. The Morgan fingerprint density at radius 3 is 2.12 bits per heavy atom. The van der Waals surface area contributed by atoms with E-state index in [9.17, 15) is 4.79 Å². The van der Waals surface area contributed by atoms with Crippen molar-refractivity contribution in [2.75, 3.05) is 0 Å². The first-order valence-electron chi connectivity index (χ1n) is 3.17. The summed E-state index contributed by atoms with van der Waals surface area (Å²) in [7, 11) is 0. The molecule has 0 spiro atoms. The Morgan fingerprint density at radius 2 is 2.00 bits per heavy atom. The highest BCUT2D eigenvalue weighted by Crippen LogP contribution is 2.10. The molecule has 0 aliphatic rings. The van der Waals surface area contributed by atoms with E-state index in [0.29, 0.717) is 5.92 Å². The molecule has 0 fully saturated rings. The molecule has 0 aromatic heterocycles. The van der Waals surface area contributed by atoms with Gasteiger partial charge in [0.15, 0.2) is 0 Å². The van der Waals surface area contributed by atoms with E-state index >= 15 is 0 Å². The number of hydrogen-bond acceptors (Lipinski definition) is 1. The Hall–Kier alpha value is -0.330. The van der Waals surface area contributed by atoms with Crippen molar-refractivity contribution in [3.8, 4) is 0 Å². The Kier molecular flexibility index (Phi) is 3.49. The number of carbonyl (C=O) groups is 1. The standard InChI is InChI=1S/C7H14O/c1-4-6(2)7(3)5-8/h5-7H,4H2,1-3H3/t6-,7-/m0/s1. The van der Waals surface area contributed by atoms with E-state index < -0.39 is 0 Å². The highest BCUT2D eigenvalue weighted by Gasteiger charge is 2.06. The summed E-state index contributed by atoms with van der Waals surface area (Å²) in [6, 6.07) is 0. The molecule has 0 heterocycles. The third-order valence-electron chi connectivity index (χ3n) is 1.76. The Balaban J connectivity index is 3.44. The average Bonchev–Trinajstić information content (AvgIpc) is 1.84. The van der Waals surface area contributed by atoms with E-state index in [1.165, 1.54) is 0 Å². The van der Waals surface area contributed by atoms with E-state index in [-0.39, 0.29) is 5.92 Å². The number of hydrogen-bond donors (Lipinski definition) is 0. The van der Waals surface area contributed by atoms with Crippen molar-refractivity contribution in [2.45, 2.75) is 27.2 Å². The first-order valence-corrected chi connectivity index (χ1v) is 3.17. The van der Waals surface area contributed by atoms with Crippen LogP contribution in [-0.2, 0) is 4.79 Å². The van der Waals surface area contributed by atoms with Gasteiger partial charge >= 0.3 is 0 Å². The van der Waals surface area contributed by atoms with E-state index in [1.807, 2.05) is 6.92 Å². The van der Waals surface area contributed by atoms with Crippen LogP contribution >= 0.6 is 0 Å². The largest absolute Gasteiger partial charge is 0.303 e. The third kappa shape index (κ3) is 2.10. The zero-order valence-electron chi connectivity index (χ0n) is 5.85. The molecular weight excluding hydrogens is 100 g/mol. The molecule has 8 heavy (non-hydrogen) atoms. The summed E-state index contributed by atoms with van der Waals surface area (Å²) in [6.45, 7) is 6.16. The van der Waals surface area contributed by atoms with Crippen molar-refractivity contribution in [2.24, 2.45) is 11.8 Å². The Bertz CT molecular complexity index is 68.8. The van der Waals surface area contributed by atoms with E-state index in [0.717, 1.165) is 12.7 Å². The van der Waals surface area contributed by atoms with Gasteiger partial charge in [-0.3, -0.25) is 0 Å². The van der Waals surface area contributed by atoms with Crippen molar-refractivity contribution in [1.82, 2.24) is 0 Å². The monoisotopic (exact) mass is 114 g/mol. The van der Waals surface area contributed by atoms with Gasteiger partial charge in [-0.15, -0.1) is 0 Å². The highest BCUT2D eigenvalue weighted by molar-refractivity contribution is 5.53. The first-order chi connectivity index (χ1) is 3.72. The molecule has 0 bridgehead atoms. The summed E-state index contributed by atoms with van der Waals surface area (Å²) >= 11 is 0. The third-order valence-corrected chi connectivity index (χ3v) is 1.76. The first kappa shape index (κ1) is 7.67. The van der Waals surface area contributed by atoms with Gasteiger partial charge in [0.2, 0.25) is 0 Å². The second-order valence-electron chi connectivity index (χ2n) is 2.38. The van der Waals surface area contributed by atoms with Crippen LogP contribution in [0.3, 0.4) is 0 Å². The SMILES string of the molecule is CC[C@H](C)[C@@H](C)C=O. The molecule has 1 nitrogen and oxygen atoms in total. The smallest absolute Gasteiger partial charge is 0.123 e. The zero-order valence-corrected chi connectivity index (χ0v) is 5.85. The summed E-state index contributed by atoms with van der Waals surface area (Å²) in [6.07, 6.45) is 2.12. The van der Waals surface area contributed by atoms with Crippen LogP contribution in [0, 0.1) is 11.8 Å². The van der Waals surface area contributed by atoms with Crippen LogP contribution in [-0.4, -0.2) is 6.29 Å². The minimum Gasteiger partial charge on any atom is -0.303 e. The van der Waals surface area contributed by atoms with E-state index in [1.54, 1.807) is 0 Å². The van der Waals surface area contributed by atoms with Gasteiger partial charge in [0.25, 0.3) is 0 Å². The fourth-order valence-electron chi connectivity index (χ4n) is 0.506. The molecule has 0 aliphatic heterocycles. The average molecular weight is 114 g/mol. The Labute approximate surface area is 51.1 Å². The van der Waals surface area contributed by atoms with Gasteiger partial charge in [-0.25, -0.2) is 0 Å². The predicted molar refractivity (Wildman–Crippen MR) is 34.7 cm³/mol. The fraction of sp³-hybridized carbons (Fsp3) is 0.857. The number of aldehydes is 1. The zero-order chi connectivity index (χ0) is 6.57. The summed E-state index contributed by atoms with van der Waals surface area (Å²) in [5.41, 5.74) is 0. The van der Waals surface area contributed by atoms with Crippen LogP contribution in [0.4, 0.5) is 0 Å². The maximum atomic E-state index is 10.1. The van der Waals surface area contributed by atoms with Crippen molar-refractivity contribution >= 4 is 6.29 Å². The number of carbonyl (C=O) groups excluding carboxylic acids is 1. The predicted octanol–water partition coefficient (Wildman–Crippen LogP) is 1.87. The summed E-state index contributed by atoms with van der Waals surface area (Å²) in [5.74, 6) is 0.785. The minimum absolute atomic E-state index is 0.236. The van der Waals surface area contributed by atoms with E-state index in [2.05, 4.69) is 13.8 Å². The molecule has 0 aromatic rings. The van der Waals surface area contributed by atoms with Crippen LogP contribution in [0.1, 0.15) is 27.2 Å². The summed E-state index contributed by atoms with van der Waals surface area (Å²) in [5, 5.41) is 0. The normalized spacial score (nSPS) is 17.4. The molecule has 0 saturated heterocycles. The summed E-state index contributed by atoms with van der Waals surface area (Å²) in [4.78, 5) is 10.1. The fourth-order valence-corrected chi connectivity index (χ4v) is 0.506. The van der Waals surface area contributed by atoms with Gasteiger partial charge < -0.3 is 4.79 Å². The maximum Gasteiger partial charge on any atom is 0.123 e. The van der Waals surface area contributed by atoms with Crippen LogP contribution in [0.2, 0.25) is 0 Å². The van der Waals surface area contributed by atoms with Crippen LogP contribution in [0.5, 0.6) is 0 Å². The van der Waals surface area contributed by atoms with Gasteiger partial charge in [-0.2, -0.15) is 0 Å². The lowest BCUT2D eigenvalue weighted by Crippen LogP contribution is -2.06. The lowest BCUT2D eigenvalue weighted by molar-refractivity contribution is -0.111. The second-order valence-corrected chi connectivity index (χ2v) is 2.38. The van der Waals surface area contributed by atoms with Crippen LogP contribution < -0.4 is 0 Å². The van der Waals surface area contributed by atoms with E-state index in [4.69, 9.17) is 0 Å². The molecule has 0 aromatic carbocycles. The molecular formula is C7H14O. The molecule has 0 N–H and O–H groups in total. The van der Waals surface area contributed by atoms with Gasteiger partial charge in [-0.1, -0.05) is 27.2 Å². The van der Waals surface area contributed by atoms with Gasteiger partial charge in [0.05, 0.1) is 0 Å². The van der Waals surface area contributed by atoms with Crippen molar-refractivity contribution in [3.63, 3.8) is 0 Å². The van der Waals surface area contributed by atoms with Crippen molar-refractivity contribution in [3.05, 3.63) is 0 Å².